The molecular formula is C40H30N2O2. The maximum absolute atomic E-state index is 13.2. The Morgan fingerprint density at radius 2 is 1.52 bits per heavy atom. The zero-order chi connectivity index (χ0) is 30.2. The second-order valence-corrected chi connectivity index (χ2v) is 12.0. The quantitative estimate of drug-likeness (QED) is 0.159. The van der Waals surface area contributed by atoms with Crippen LogP contribution in [0.15, 0.2) is 117 Å². The number of hydrogen-bond donors (Lipinski definition) is 0. The van der Waals surface area contributed by atoms with E-state index in [0.29, 0.717) is 21.9 Å². The van der Waals surface area contributed by atoms with Crippen molar-refractivity contribution in [3.8, 4) is 27.9 Å². The standard InChI is InChI=1S/C40H30N2O2/c1-5-34-31(23-41-4)27-19-20-33-37(28-13-6-8-15-32(28)40(33,2)3)38(27)42(34)26-12-10-11-24(21-26)25-17-18-30-36(22-25)44-35-16-9-7-14-29(35)39(30)43/h5-23H,4H2,1-3H3/b31-23-,34-5+. The minimum absolute atomic E-state index is 0.0132. The first-order valence-electron chi connectivity index (χ1n) is 14.9. The smallest absolute Gasteiger partial charge is 0.200 e. The largest absolute Gasteiger partial charge is 0.456 e. The molecule has 0 saturated heterocycles. The van der Waals surface area contributed by atoms with E-state index in [1.165, 1.54) is 22.3 Å². The van der Waals surface area contributed by atoms with Crippen molar-refractivity contribution >= 4 is 51.8 Å². The van der Waals surface area contributed by atoms with Gasteiger partial charge < -0.3 is 8.98 Å². The number of aliphatic imine (C=N–C) groups is 1. The summed E-state index contributed by atoms with van der Waals surface area (Å²) >= 11 is 0. The van der Waals surface area contributed by atoms with Gasteiger partial charge in [0.2, 0.25) is 5.43 Å². The molecule has 0 radical (unpaired) electrons. The summed E-state index contributed by atoms with van der Waals surface area (Å²) in [6, 6.07) is 35.1. The molecule has 8 rings (SSSR count). The Kier molecular flexibility index (Phi) is 5.66. The molecule has 0 fully saturated rings. The van der Waals surface area contributed by atoms with Crippen molar-refractivity contribution in [3.05, 3.63) is 135 Å². The zero-order valence-corrected chi connectivity index (χ0v) is 24.9. The molecule has 5 aromatic carbocycles. The van der Waals surface area contributed by atoms with Gasteiger partial charge in [0, 0.05) is 33.5 Å². The van der Waals surface area contributed by atoms with E-state index < -0.39 is 0 Å². The van der Waals surface area contributed by atoms with Crippen molar-refractivity contribution in [3.63, 3.8) is 0 Å². The third kappa shape index (κ3) is 3.58. The van der Waals surface area contributed by atoms with Gasteiger partial charge in [0.15, 0.2) is 0 Å². The molecule has 0 bridgehead atoms. The van der Waals surface area contributed by atoms with Gasteiger partial charge in [-0.05, 0) is 77.9 Å². The number of aromatic nitrogens is 1. The van der Waals surface area contributed by atoms with E-state index >= 15 is 0 Å². The van der Waals surface area contributed by atoms with Gasteiger partial charge in [-0.25, -0.2) is 0 Å². The van der Waals surface area contributed by atoms with Gasteiger partial charge in [-0.15, -0.1) is 0 Å². The summed E-state index contributed by atoms with van der Waals surface area (Å²) in [6.45, 7) is 10.5. The lowest BCUT2D eigenvalue weighted by atomic mass is 9.82. The third-order valence-electron chi connectivity index (χ3n) is 9.26. The van der Waals surface area contributed by atoms with Crippen molar-refractivity contribution in [1.29, 1.82) is 0 Å². The summed E-state index contributed by atoms with van der Waals surface area (Å²) < 4.78 is 8.56. The van der Waals surface area contributed by atoms with Gasteiger partial charge in [0.1, 0.15) is 11.2 Å². The molecular weight excluding hydrogens is 540 g/mol. The van der Waals surface area contributed by atoms with Gasteiger partial charge >= 0.3 is 0 Å². The number of benzene rings is 5. The fourth-order valence-electron chi connectivity index (χ4n) is 7.19. The first-order chi connectivity index (χ1) is 21.4. The van der Waals surface area contributed by atoms with Crippen LogP contribution in [-0.2, 0) is 5.41 Å². The van der Waals surface area contributed by atoms with Crippen LogP contribution in [0.4, 0.5) is 0 Å². The molecule has 0 unspecified atom stereocenters. The van der Waals surface area contributed by atoms with Crippen LogP contribution in [0.1, 0.15) is 31.9 Å². The molecule has 0 amide bonds. The van der Waals surface area contributed by atoms with Crippen molar-refractivity contribution < 1.29 is 4.42 Å². The molecule has 212 valence electrons. The molecule has 2 aromatic heterocycles. The normalized spacial score (nSPS) is 14.4. The molecule has 0 aliphatic heterocycles. The number of fused-ring (bicyclic) bond motifs is 7. The fraction of sp³-hybridized carbons (Fsp3) is 0.100. The van der Waals surface area contributed by atoms with Gasteiger partial charge in [-0.2, -0.15) is 0 Å². The topological polar surface area (TPSA) is 47.5 Å². The van der Waals surface area contributed by atoms with Crippen molar-refractivity contribution in [2.75, 3.05) is 0 Å². The van der Waals surface area contributed by atoms with Crippen LogP contribution >= 0.6 is 0 Å². The lowest BCUT2D eigenvalue weighted by Crippen LogP contribution is -2.27. The highest BCUT2D eigenvalue weighted by molar-refractivity contribution is 6.02. The average molecular weight is 571 g/mol. The van der Waals surface area contributed by atoms with E-state index in [1.807, 2.05) is 48.7 Å². The molecule has 0 N–H and O–H groups in total. The van der Waals surface area contributed by atoms with Crippen molar-refractivity contribution in [1.82, 2.24) is 4.57 Å². The number of para-hydroxylation sites is 1. The minimum Gasteiger partial charge on any atom is -0.456 e. The first kappa shape index (κ1) is 26.2. The van der Waals surface area contributed by atoms with E-state index in [-0.39, 0.29) is 10.8 Å². The van der Waals surface area contributed by atoms with E-state index in [2.05, 4.69) is 104 Å². The second-order valence-electron chi connectivity index (χ2n) is 12.0. The third-order valence-corrected chi connectivity index (χ3v) is 9.26. The summed E-state index contributed by atoms with van der Waals surface area (Å²) in [5.74, 6) is 0. The zero-order valence-electron chi connectivity index (χ0n) is 24.9. The van der Waals surface area contributed by atoms with Crippen LogP contribution in [0.25, 0.3) is 73.1 Å². The van der Waals surface area contributed by atoms with Crippen LogP contribution in [-0.4, -0.2) is 11.3 Å². The van der Waals surface area contributed by atoms with Gasteiger partial charge in [0.25, 0.3) is 0 Å². The van der Waals surface area contributed by atoms with E-state index in [1.54, 1.807) is 0 Å². The molecule has 44 heavy (non-hydrogen) atoms. The van der Waals surface area contributed by atoms with Crippen LogP contribution < -0.4 is 16.0 Å². The van der Waals surface area contributed by atoms with Crippen molar-refractivity contribution in [2.45, 2.75) is 26.2 Å². The Morgan fingerprint density at radius 1 is 0.773 bits per heavy atom. The van der Waals surface area contributed by atoms with E-state index in [9.17, 15) is 4.79 Å². The summed E-state index contributed by atoms with van der Waals surface area (Å²) in [6.07, 6.45) is 4.02. The summed E-state index contributed by atoms with van der Waals surface area (Å²) in [5.41, 5.74) is 10.4. The molecule has 2 heterocycles. The van der Waals surface area contributed by atoms with E-state index in [4.69, 9.17) is 4.42 Å². The van der Waals surface area contributed by atoms with Gasteiger partial charge in [0.05, 0.1) is 21.6 Å². The van der Waals surface area contributed by atoms with E-state index in [0.717, 1.165) is 38.3 Å². The predicted octanol–water partition coefficient (Wildman–Crippen LogP) is 8.10. The van der Waals surface area contributed by atoms with Crippen LogP contribution in [0.3, 0.4) is 0 Å². The molecule has 0 spiro atoms. The Labute approximate surface area is 254 Å². The lowest BCUT2D eigenvalue weighted by Gasteiger charge is -2.21. The SMILES string of the molecule is C=N/C=c1\c(=C/C)n(-c2cccc(-c3ccc4c(=O)c5ccccc5oc4c3)c2)c2c3c(ccc12)C(C)(C)c1ccccc1-3. The van der Waals surface area contributed by atoms with Crippen LogP contribution in [0.2, 0.25) is 0 Å². The Bertz CT molecular complexity index is 2530. The molecule has 1 aliphatic rings. The first-order valence-corrected chi connectivity index (χ1v) is 14.9. The summed E-state index contributed by atoms with van der Waals surface area (Å²) in [7, 11) is 0. The highest BCUT2D eigenvalue weighted by Gasteiger charge is 2.37. The monoisotopic (exact) mass is 570 g/mol. The fourth-order valence-corrected chi connectivity index (χ4v) is 7.19. The lowest BCUT2D eigenvalue weighted by molar-refractivity contribution is 0.660. The number of rotatable bonds is 3. The Balaban J connectivity index is 1.41. The van der Waals surface area contributed by atoms with Crippen LogP contribution in [0, 0.1) is 0 Å². The summed E-state index contributed by atoms with van der Waals surface area (Å²) in [5, 5.41) is 4.43. The minimum atomic E-state index is -0.118. The van der Waals surface area contributed by atoms with Crippen LogP contribution in [0.5, 0.6) is 0 Å². The Morgan fingerprint density at radius 3 is 2.36 bits per heavy atom. The van der Waals surface area contributed by atoms with Gasteiger partial charge in [-0.3, -0.25) is 9.79 Å². The molecule has 0 saturated carbocycles. The average Bonchev–Trinajstić information content (AvgIpc) is 3.49. The number of nitrogens with zero attached hydrogens (tertiary/aromatic N) is 2. The van der Waals surface area contributed by atoms with Crippen molar-refractivity contribution in [2.24, 2.45) is 4.99 Å². The molecule has 4 heteroatoms. The summed E-state index contributed by atoms with van der Waals surface area (Å²) in [4.78, 5) is 17.4. The maximum Gasteiger partial charge on any atom is 0.200 e. The molecule has 4 nitrogen and oxygen atoms in total. The molecule has 7 aromatic rings. The molecule has 0 atom stereocenters. The highest BCUT2D eigenvalue weighted by Crippen LogP contribution is 2.51. The maximum atomic E-state index is 13.2. The number of hydrogen-bond acceptors (Lipinski definition) is 3. The highest BCUT2D eigenvalue weighted by atomic mass is 16.3. The Hall–Kier alpha value is -5.48. The predicted molar refractivity (Wildman–Crippen MR) is 183 cm³/mol. The molecule has 1 aliphatic carbocycles. The second kappa shape index (κ2) is 9.51. The van der Waals surface area contributed by atoms with Gasteiger partial charge in [-0.1, -0.05) is 86.7 Å².